The molecule has 32 heavy (non-hydrogen) atoms. The molecule has 0 aromatic heterocycles. The Kier molecular flexibility index (Phi) is 6.02. The molecule has 4 nitrogen and oxygen atoms in total. The Hall–Kier alpha value is -3.39. The minimum atomic E-state index is -5.08. The maximum Gasteiger partial charge on any atom is 0.490 e. The lowest BCUT2D eigenvalue weighted by atomic mass is 9.88. The molecule has 2 aliphatic rings. The molecule has 166 valence electrons. The van der Waals surface area contributed by atoms with E-state index in [1.807, 2.05) is 12.1 Å². The van der Waals surface area contributed by atoms with Crippen LogP contribution in [0.3, 0.4) is 0 Å². The van der Waals surface area contributed by atoms with Gasteiger partial charge in [0.2, 0.25) is 0 Å². The SMILES string of the molecule is Cc1ccccc1C1=C2C=CC(=N)C=C2[Si](C)(C)c2cc(N)ccc21.O=C(O)C(F)(F)F. The van der Waals surface area contributed by atoms with E-state index in [2.05, 4.69) is 68.6 Å². The molecule has 0 radical (unpaired) electrons. The third-order valence-electron chi connectivity index (χ3n) is 5.61. The molecule has 1 aliphatic heterocycles. The second kappa shape index (κ2) is 8.27. The Bertz CT molecular complexity index is 1210. The number of carboxylic acids is 1. The molecule has 0 saturated heterocycles. The van der Waals surface area contributed by atoms with Gasteiger partial charge in [-0.25, -0.2) is 4.79 Å². The number of aliphatic carboxylic acids is 1. The molecule has 2 aromatic carbocycles. The van der Waals surface area contributed by atoms with Gasteiger partial charge in [0.15, 0.2) is 0 Å². The van der Waals surface area contributed by atoms with Gasteiger partial charge >= 0.3 is 12.1 Å². The van der Waals surface area contributed by atoms with Gasteiger partial charge in [-0.15, -0.1) is 0 Å². The zero-order valence-electron chi connectivity index (χ0n) is 17.8. The van der Waals surface area contributed by atoms with Crippen molar-refractivity contribution in [2.24, 2.45) is 0 Å². The molecule has 0 atom stereocenters. The number of anilines is 1. The van der Waals surface area contributed by atoms with Gasteiger partial charge in [0, 0.05) is 5.69 Å². The molecule has 0 unspecified atom stereocenters. The fourth-order valence-electron chi connectivity index (χ4n) is 4.01. The van der Waals surface area contributed by atoms with Crippen molar-refractivity contribution < 1.29 is 23.1 Å². The van der Waals surface area contributed by atoms with Crippen LogP contribution in [-0.2, 0) is 4.79 Å². The van der Waals surface area contributed by atoms with Crippen LogP contribution in [0.25, 0.3) is 5.57 Å². The summed E-state index contributed by atoms with van der Waals surface area (Å²) in [6.45, 7) is 6.88. The second-order valence-electron chi connectivity index (χ2n) is 8.18. The van der Waals surface area contributed by atoms with E-state index in [0.29, 0.717) is 5.71 Å². The number of nitrogens with one attached hydrogen (secondary N) is 1. The fraction of sp³-hybridized carbons (Fsp3) is 0.167. The Labute approximate surface area is 185 Å². The number of hydrogen-bond acceptors (Lipinski definition) is 3. The smallest absolute Gasteiger partial charge is 0.475 e. The molecular formula is C24H23F3N2O2Si. The van der Waals surface area contributed by atoms with Crippen molar-refractivity contribution in [2.45, 2.75) is 26.2 Å². The van der Waals surface area contributed by atoms with Crippen molar-refractivity contribution in [1.82, 2.24) is 0 Å². The van der Waals surface area contributed by atoms with E-state index in [4.69, 9.17) is 21.0 Å². The third-order valence-corrected chi connectivity index (χ3v) is 9.13. The number of fused-ring (bicyclic) bond motifs is 2. The van der Waals surface area contributed by atoms with Crippen LogP contribution < -0.4 is 10.9 Å². The Morgan fingerprint density at radius 2 is 1.69 bits per heavy atom. The van der Waals surface area contributed by atoms with Gasteiger partial charge in [-0.2, -0.15) is 13.2 Å². The van der Waals surface area contributed by atoms with Crippen LogP contribution in [0.5, 0.6) is 0 Å². The van der Waals surface area contributed by atoms with Crippen LogP contribution in [-0.4, -0.2) is 31.0 Å². The minimum Gasteiger partial charge on any atom is -0.475 e. The highest BCUT2D eigenvalue weighted by Crippen LogP contribution is 2.42. The number of carbonyl (C=O) groups is 1. The molecule has 0 saturated carbocycles. The van der Waals surface area contributed by atoms with E-state index in [1.54, 1.807) is 0 Å². The summed E-state index contributed by atoms with van der Waals surface area (Å²) in [5, 5.41) is 18.0. The van der Waals surface area contributed by atoms with Crippen LogP contribution in [0.4, 0.5) is 18.9 Å². The molecule has 1 heterocycles. The van der Waals surface area contributed by atoms with Crippen LogP contribution in [0.15, 0.2) is 71.5 Å². The van der Waals surface area contributed by atoms with E-state index in [1.165, 1.54) is 38.2 Å². The zero-order chi connectivity index (χ0) is 23.8. The highest BCUT2D eigenvalue weighted by molar-refractivity contribution is 6.98. The normalized spacial score (nSPS) is 16.4. The molecular weight excluding hydrogens is 433 g/mol. The summed E-state index contributed by atoms with van der Waals surface area (Å²) in [5.74, 6) is -2.76. The number of allylic oxidation sites excluding steroid dienone is 5. The highest BCUT2D eigenvalue weighted by atomic mass is 28.3. The Balaban J connectivity index is 0.000000360. The van der Waals surface area contributed by atoms with Crippen LogP contribution in [0.2, 0.25) is 13.1 Å². The number of nitrogens with two attached hydrogens (primary N) is 1. The molecule has 0 amide bonds. The van der Waals surface area contributed by atoms with Gasteiger partial charge in [0.25, 0.3) is 0 Å². The Morgan fingerprint density at radius 3 is 2.28 bits per heavy atom. The number of alkyl halides is 3. The zero-order valence-corrected chi connectivity index (χ0v) is 18.8. The molecule has 1 aliphatic carbocycles. The number of carboxylic acid groups (broad SMARTS) is 1. The average molecular weight is 457 g/mol. The molecule has 4 N–H and O–H groups in total. The summed E-state index contributed by atoms with van der Waals surface area (Å²) < 4.78 is 31.7. The number of benzene rings is 2. The van der Waals surface area contributed by atoms with Crippen LogP contribution in [0.1, 0.15) is 16.7 Å². The summed E-state index contributed by atoms with van der Waals surface area (Å²) in [6, 6.07) is 14.9. The monoisotopic (exact) mass is 456 g/mol. The number of halogens is 3. The van der Waals surface area contributed by atoms with E-state index >= 15 is 0 Å². The first-order valence-corrected chi connectivity index (χ1v) is 12.8. The van der Waals surface area contributed by atoms with Gasteiger partial charge in [0.05, 0.1) is 5.71 Å². The second-order valence-corrected chi connectivity index (χ2v) is 12.5. The summed E-state index contributed by atoms with van der Waals surface area (Å²) in [5.41, 5.74) is 13.9. The lowest BCUT2D eigenvalue weighted by molar-refractivity contribution is -0.192. The van der Waals surface area contributed by atoms with Crippen molar-refractivity contribution in [3.63, 3.8) is 0 Å². The van der Waals surface area contributed by atoms with Gasteiger partial charge in [-0.1, -0.05) is 49.5 Å². The van der Waals surface area contributed by atoms with E-state index < -0.39 is 20.2 Å². The van der Waals surface area contributed by atoms with Crippen molar-refractivity contribution in [1.29, 1.82) is 5.41 Å². The van der Waals surface area contributed by atoms with Crippen LogP contribution >= 0.6 is 0 Å². The average Bonchev–Trinajstić information content (AvgIpc) is 2.70. The minimum absolute atomic E-state index is 0.579. The first-order valence-electron chi connectivity index (χ1n) is 9.84. The van der Waals surface area contributed by atoms with Gasteiger partial charge in [-0.3, -0.25) is 0 Å². The topological polar surface area (TPSA) is 87.2 Å². The van der Waals surface area contributed by atoms with Crippen molar-refractivity contribution in [2.75, 3.05) is 5.73 Å². The van der Waals surface area contributed by atoms with Gasteiger partial charge < -0.3 is 16.2 Å². The first kappa shape index (κ1) is 23.3. The predicted octanol–water partition coefficient (Wildman–Crippen LogP) is 5.00. The predicted molar refractivity (Wildman–Crippen MR) is 124 cm³/mol. The van der Waals surface area contributed by atoms with Crippen molar-refractivity contribution >= 4 is 36.2 Å². The van der Waals surface area contributed by atoms with Crippen LogP contribution in [0, 0.1) is 12.3 Å². The first-order chi connectivity index (χ1) is 14.8. The molecule has 4 rings (SSSR count). The summed E-state index contributed by atoms with van der Waals surface area (Å²) in [6.07, 6.45) is 1.02. The maximum absolute atomic E-state index is 10.6. The van der Waals surface area contributed by atoms with Gasteiger partial charge in [0.1, 0.15) is 8.07 Å². The Morgan fingerprint density at radius 1 is 1.06 bits per heavy atom. The summed E-state index contributed by atoms with van der Waals surface area (Å²) >= 11 is 0. The van der Waals surface area contributed by atoms with Gasteiger partial charge in [-0.05, 0) is 69.4 Å². The third kappa shape index (κ3) is 4.31. The molecule has 2 aromatic rings. The number of rotatable bonds is 1. The fourth-order valence-corrected chi connectivity index (χ4v) is 7.11. The standard InChI is InChI=1S/C22H22N2Si.C2HF3O2/c1-14-6-4-5-7-17(14)22-18-10-8-15(23)12-20(18)25(2,3)21-13-16(24)9-11-19(21)22;3-2(4,5)1(6)7/h4-13,23H,24H2,1-3H3;(H,6,7). The maximum atomic E-state index is 10.6. The summed E-state index contributed by atoms with van der Waals surface area (Å²) in [7, 11) is -1.91. The number of aryl methyl sites for hydroxylation is 1. The molecule has 0 fully saturated rings. The lowest BCUT2D eigenvalue weighted by Gasteiger charge is -2.38. The van der Waals surface area contributed by atoms with E-state index in [9.17, 15) is 13.2 Å². The number of nitrogen functional groups attached to an aromatic ring is 1. The largest absolute Gasteiger partial charge is 0.490 e. The summed E-state index contributed by atoms with van der Waals surface area (Å²) in [4.78, 5) is 8.90. The molecule has 0 spiro atoms. The quantitative estimate of drug-likeness (QED) is 0.417. The van der Waals surface area contributed by atoms with E-state index in [0.717, 1.165) is 5.69 Å². The molecule has 8 heteroatoms. The lowest BCUT2D eigenvalue weighted by Crippen LogP contribution is -2.49. The number of hydrogen-bond donors (Lipinski definition) is 3. The van der Waals surface area contributed by atoms with E-state index in [-0.39, 0.29) is 0 Å². The molecule has 0 bridgehead atoms. The van der Waals surface area contributed by atoms with Crippen molar-refractivity contribution in [3.05, 3.63) is 88.2 Å². The van der Waals surface area contributed by atoms with Crippen molar-refractivity contribution in [3.8, 4) is 0 Å². The highest BCUT2D eigenvalue weighted by Gasteiger charge is 2.40.